The molecule has 0 atom stereocenters. The van der Waals surface area contributed by atoms with Gasteiger partial charge in [0.1, 0.15) is 5.69 Å². The number of carbonyl (C=O) groups excluding carboxylic acids is 2. The Bertz CT molecular complexity index is 388. The number of nitrogens with zero attached hydrogens (tertiary/aromatic N) is 1. The number of pyridine rings is 1. The van der Waals surface area contributed by atoms with E-state index >= 15 is 0 Å². The molecule has 0 unspecified atom stereocenters. The molecule has 0 fully saturated rings. The van der Waals surface area contributed by atoms with Gasteiger partial charge in [-0.3, -0.25) is 9.59 Å². The Morgan fingerprint density at radius 1 is 1.36 bits per heavy atom. The number of hydrogen-bond donors (Lipinski definition) is 2. The van der Waals surface area contributed by atoms with Crippen molar-refractivity contribution in [1.82, 2.24) is 4.98 Å². The first kappa shape index (κ1) is 10.2. The first-order valence-corrected chi connectivity index (χ1v) is 4.14. The molecule has 0 saturated heterocycles. The van der Waals surface area contributed by atoms with Crippen LogP contribution in [0, 0.1) is 0 Å². The molecule has 5 nitrogen and oxygen atoms in total. The van der Waals surface area contributed by atoms with Crippen LogP contribution in [0.25, 0.3) is 0 Å². The maximum atomic E-state index is 10.9. The molecule has 0 spiro atoms. The quantitative estimate of drug-likeness (QED) is 0.697. The average molecular weight is 193 g/mol. The van der Waals surface area contributed by atoms with E-state index in [1.54, 1.807) is 0 Å². The van der Waals surface area contributed by atoms with Gasteiger partial charge in [0.05, 0.1) is 5.56 Å². The summed E-state index contributed by atoms with van der Waals surface area (Å²) in [6.07, 6.45) is 1.83. The third kappa shape index (κ3) is 1.87. The summed E-state index contributed by atoms with van der Waals surface area (Å²) in [5.74, 6) is -1.17. The van der Waals surface area contributed by atoms with Crippen molar-refractivity contribution >= 4 is 11.8 Å². The SMILES string of the molecule is CCc1cc(C(N)=O)cnc1C(N)=O. The van der Waals surface area contributed by atoms with E-state index in [0.717, 1.165) is 0 Å². The molecule has 0 radical (unpaired) electrons. The monoisotopic (exact) mass is 193 g/mol. The van der Waals surface area contributed by atoms with Gasteiger partial charge < -0.3 is 11.5 Å². The lowest BCUT2D eigenvalue weighted by molar-refractivity contribution is 0.0983. The lowest BCUT2D eigenvalue weighted by atomic mass is 10.1. The molecular weight excluding hydrogens is 182 g/mol. The Kier molecular flexibility index (Phi) is 2.81. The van der Waals surface area contributed by atoms with Gasteiger partial charge in [-0.25, -0.2) is 4.98 Å². The van der Waals surface area contributed by atoms with E-state index in [0.29, 0.717) is 12.0 Å². The van der Waals surface area contributed by atoms with Crippen molar-refractivity contribution in [3.05, 3.63) is 29.1 Å². The smallest absolute Gasteiger partial charge is 0.267 e. The molecule has 14 heavy (non-hydrogen) atoms. The van der Waals surface area contributed by atoms with E-state index in [9.17, 15) is 9.59 Å². The van der Waals surface area contributed by atoms with Gasteiger partial charge >= 0.3 is 0 Å². The van der Waals surface area contributed by atoms with Crippen LogP contribution < -0.4 is 11.5 Å². The Labute approximate surface area is 81.1 Å². The first-order chi connectivity index (χ1) is 6.56. The molecule has 2 amide bonds. The number of aromatic nitrogens is 1. The zero-order chi connectivity index (χ0) is 10.7. The standard InChI is InChI=1S/C9H11N3O2/c1-2-5-3-6(8(10)13)4-12-7(5)9(11)14/h3-4H,2H2,1H3,(H2,10,13)(H2,11,14). The molecule has 5 heteroatoms. The predicted octanol–water partition coefficient (Wildman–Crippen LogP) is -0.158. The molecule has 1 aromatic heterocycles. The van der Waals surface area contributed by atoms with Crippen LogP contribution in [-0.4, -0.2) is 16.8 Å². The van der Waals surface area contributed by atoms with E-state index in [-0.39, 0.29) is 11.3 Å². The predicted molar refractivity (Wildman–Crippen MR) is 50.7 cm³/mol. The number of rotatable bonds is 3. The lowest BCUT2D eigenvalue weighted by Crippen LogP contribution is -2.18. The van der Waals surface area contributed by atoms with Gasteiger partial charge in [-0.1, -0.05) is 6.92 Å². The summed E-state index contributed by atoms with van der Waals surface area (Å²) in [6, 6.07) is 1.54. The molecule has 0 aliphatic rings. The van der Waals surface area contributed by atoms with Crippen molar-refractivity contribution in [3.63, 3.8) is 0 Å². The van der Waals surface area contributed by atoms with Crippen LogP contribution in [0.1, 0.15) is 33.3 Å². The van der Waals surface area contributed by atoms with E-state index in [2.05, 4.69) is 4.98 Å². The van der Waals surface area contributed by atoms with Crippen molar-refractivity contribution < 1.29 is 9.59 Å². The average Bonchev–Trinajstić information content (AvgIpc) is 2.16. The second kappa shape index (κ2) is 3.87. The molecular formula is C9H11N3O2. The van der Waals surface area contributed by atoms with Gasteiger partial charge in [-0.15, -0.1) is 0 Å². The van der Waals surface area contributed by atoms with Crippen LogP contribution in [0.2, 0.25) is 0 Å². The van der Waals surface area contributed by atoms with E-state index in [4.69, 9.17) is 11.5 Å². The molecule has 74 valence electrons. The summed E-state index contributed by atoms with van der Waals surface area (Å²) in [7, 11) is 0. The molecule has 0 aliphatic carbocycles. The topological polar surface area (TPSA) is 99.1 Å². The van der Waals surface area contributed by atoms with E-state index in [1.165, 1.54) is 12.3 Å². The number of primary amides is 2. The van der Waals surface area contributed by atoms with Crippen molar-refractivity contribution in [1.29, 1.82) is 0 Å². The highest BCUT2D eigenvalue weighted by molar-refractivity contribution is 5.96. The summed E-state index contributed by atoms with van der Waals surface area (Å²) in [6.45, 7) is 1.84. The fourth-order valence-corrected chi connectivity index (χ4v) is 1.14. The Morgan fingerprint density at radius 2 is 2.00 bits per heavy atom. The van der Waals surface area contributed by atoms with E-state index < -0.39 is 11.8 Å². The maximum absolute atomic E-state index is 10.9. The summed E-state index contributed by atoms with van der Waals surface area (Å²) in [5.41, 5.74) is 11.3. The van der Waals surface area contributed by atoms with Gasteiger partial charge in [0, 0.05) is 6.20 Å². The van der Waals surface area contributed by atoms with Crippen molar-refractivity contribution in [3.8, 4) is 0 Å². The summed E-state index contributed by atoms with van der Waals surface area (Å²) < 4.78 is 0. The molecule has 1 heterocycles. The zero-order valence-electron chi connectivity index (χ0n) is 7.78. The van der Waals surface area contributed by atoms with Crippen LogP contribution in [0.3, 0.4) is 0 Å². The highest BCUT2D eigenvalue weighted by Crippen LogP contribution is 2.08. The molecule has 4 N–H and O–H groups in total. The maximum Gasteiger partial charge on any atom is 0.267 e. The fourth-order valence-electron chi connectivity index (χ4n) is 1.14. The minimum atomic E-state index is -0.599. The highest BCUT2D eigenvalue weighted by Gasteiger charge is 2.11. The Hall–Kier alpha value is -1.91. The lowest BCUT2D eigenvalue weighted by Gasteiger charge is -2.04. The fraction of sp³-hybridized carbons (Fsp3) is 0.222. The minimum Gasteiger partial charge on any atom is -0.366 e. The number of aryl methyl sites for hydroxylation is 1. The minimum absolute atomic E-state index is 0.192. The van der Waals surface area contributed by atoms with Gasteiger partial charge in [0.15, 0.2) is 0 Å². The normalized spacial score (nSPS) is 9.79. The van der Waals surface area contributed by atoms with Gasteiger partial charge in [0.25, 0.3) is 5.91 Å². The van der Waals surface area contributed by atoms with Crippen molar-refractivity contribution in [2.45, 2.75) is 13.3 Å². The highest BCUT2D eigenvalue weighted by atomic mass is 16.1. The molecule has 0 bridgehead atoms. The Balaban J connectivity index is 3.25. The van der Waals surface area contributed by atoms with Crippen LogP contribution in [-0.2, 0) is 6.42 Å². The van der Waals surface area contributed by atoms with Crippen molar-refractivity contribution in [2.75, 3.05) is 0 Å². The second-order valence-corrected chi connectivity index (χ2v) is 2.81. The Morgan fingerprint density at radius 3 is 2.43 bits per heavy atom. The third-order valence-electron chi connectivity index (χ3n) is 1.87. The van der Waals surface area contributed by atoms with Crippen LogP contribution in [0.5, 0.6) is 0 Å². The summed E-state index contributed by atoms with van der Waals surface area (Å²) in [4.78, 5) is 25.5. The number of amides is 2. The molecule has 0 saturated carbocycles. The molecule has 1 aromatic rings. The first-order valence-electron chi connectivity index (χ1n) is 4.14. The zero-order valence-corrected chi connectivity index (χ0v) is 7.78. The number of hydrogen-bond acceptors (Lipinski definition) is 3. The number of nitrogens with two attached hydrogens (primary N) is 2. The van der Waals surface area contributed by atoms with Gasteiger partial charge in [-0.05, 0) is 18.1 Å². The van der Waals surface area contributed by atoms with Crippen LogP contribution in [0.15, 0.2) is 12.3 Å². The van der Waals surface area contributed by atoms with Crippen LogP contribution >= 0.6 is 0 Å². The summed E-state index contributed by atoms with van der Waals surface area (Å²) in [5, 5.41) is 0. The molecule has 0 aromatic carbocycles. The van der Waals surface area contributed by atoms with Crippen LogP contribution in [0.4, 0.5) is 0 Å². The third-order valence-corrected chi connectivity index (χ3v) is 1.87. The van der Waals surface area contributed by atoms with Gasteiger partial charge in [-0.2, -0.15) is 0 Å². The van der Waals surface area contributed by atoms with Crippen molar-refractivity contribution in [2.24, 2.45) is 11.5 Å². The number of carbonyl (C=O) groups is 2. The van der Waals surface area contributed by atoms with E-state index in [1.807, 2.05) is 6.92 Å². The second-order valence-electron chi connectivity index (χ2n) is 2.81. The molecule has 1 rings (SSSR count). The largest absolute Gasteiger partial charge is 0.366 e. The van der Waals surface area contributed by atoms with Gasteiger partial charge in [0.2, 0.25) is 5.91 Å². The summed E-state index contributed by atoms with van der Waals surface area (Å²) >= 11 is 0. The molecule has 0 aliphatic heterocycles.